The van der Waals surface area contributed by atoms with E-state index in [1.54, 1.807) is 41.5 Å². The molecule has 4 nitrogen and oxygen atoms in total. The molecule has 1 aliphatic rings. The first-order chi connectivity index (χ1) is 12.1. The minimum Gasteiger partial charge on any atom is -0.256 e. The van der Waals surface area contributed by atoms with Crippen molar-refractivity contribution in [3.05, 3.63) is 83.5 Å². The van der Waals surface area contributed by atoms with Gasteiger partial charge in [0.25, 0.3) is 0 Å². The molecule has 1 unspecified atom stereocenters. The van der Waals surface area contributed by atoms with Gasteiger partial charge in [0.15, 0.2) is 0 Å². The zero-order valence-electron chi connectivity index (χ0n) is 12.9. The number of para-hydroxylation sites is 2. The predicted octanol–water partition coefficient (Wildman–Crippen LogP) is 4.78. The molecule has 4 rings (SSSR count). The average molecular weight is 359 g/mol. The summed E-state index contributed by atoms with van der Waals surface area (Å²) in [4.78, 5) is 0. The lowest BCUT2D eigenvalue weighted by Crippen LogP contribution is -2.40. The summed E-state index contributed by atoms with van der Waals surface area (Å²) in [6, 6.07) is 17.4. The number of halogens is 3. The number of hydrogen-bond acceptors (Lipinski definition) is 3. The fraction of sp³-hybridized carbons (Fsp3) is 0.0556. The van der Waals surface area contributed by atoms with Gasteiger partial charge in [0.1, 0.15) is 0 Å². The van der Waals surface area contributed by atoms with Gasteiger partial charge in [-0.3, -0.25) is 10.1 Å². The predicted molar refractivity (Wildman–Crippen MR) is 94.3 cm³/mol. The number of hydrazine groups is 1. The van der Waals surface area contributed by atoms with Gasteiger partial charge in [0.05, 0.1) is 27.7 Å². The second-order valence-corrected chi connectivity index (χ2v) is 5.90. The minimum absolute atomic E-state index is 0.209. The molecule has 7 heteroatoms. The molecule has 0 bridgehead atoms. The molecule has 0 saturated carbocycles. The topological polar surface area (TPSA) is 35.2 Å². The molecule has 0 fully saturated rings. The van der Waals surface area contributed by atoms with Gasteiger partial charge in [-0.15, -0.1) is 0 Å². The van der Waals surface area contributed by atoms with Crippen LogP contribution < -0.4 is 10.0 Å². The average Bonchev–Trinajstić information content (AvgIpc) is 3.19. The molecule has 25 heavy (non-hydrogen) atoms. The molecule has 1 N–H and O–H groups in total. The van der Waals surface area contributed by atoms with Crippen LogP contribution in [0.3, 0.4) is 0 Å². The Balaban J connectivity index is 1.84. The van der Waals surface area contributed by atoms with Crippen LogP contribution in [0.4, 0.5) is 20.2 Å². The molecular weight excluding hydrogens is 346 g/mol. The number of alkyl halides is 1. The van der Waals surface area contributed by atoms with E-state index in [0.717, 1.165) is 6.07 Å². The normalized spacial score (nSPS) is 17.1. The zero-order valence-corrected chi connectivity index (χ0v) is 13.7. The lowest BCUT2D eigenvalue weighted by Gasteiger charge is -2.32. The van der Waals surface area contributed by atoms with Gasteiger partial charge in [-0.1, -0.05) is 41.9 Å². The van der Waals surface area contributed by atoms with Gasteiger partial charge in [-0.25, -0.2) is 9.40 Å². The molecule has 0 radical (unpaired) electrons. The Morgan fingerprint density at radius 1 is 1.04 bits per heavy atom. The molecule has 0 amide bonds. The summed E-state index contributed by atoms with van der Waals surface area (Å²) in [6.07, 6.45) is 0.0375. The van der Waals surface area contributed by atoms with Crippen molar-refractivity contribution in [2.24, 2.45) is 0 Å². The number of benzene rings is 2. The first-order valence-electron chi connectivity index (χ1n) is 7.60. The molecule has 2 aromatic carbocycles. The molecule has 2 heterocycles. The number of hydrogen-bond donors (Lipinski definition) is 1. The third-order valence-electron chi connectivity index (χ3n) is 3.93. The van der Waals surface area contributed by atoms with Gasteiger partial charge < -0.3 is 0 Å². The van der Waals surface area contributed by atoms with Crippen LogP contribution in [-0.4, -0.2) is 16.5 Å². The number of aromatic amines is 1. The van der Waals surface area contributed by atoms with Crippen LogP contribution in [-0.2, 0) is 0 Å². The van der Waals surface area contributed by atoms with Crippen LogP contribution in [0.5, 0.6) is 0 Å². The molecule has 1 aromatic heterocycles. The summed E-state index contributed by atoms with van der Waals surface area (Å²) < 4.78 is 28.6. The monoisotopic (exact) mass is 358 g/mol. The van der Waals surface area contributed by atoms with Gasteiger partial charge in [-0.2, -0.15) is 9.49 Å². The first-order valence-corrected chi connectivity index (χ1v) is 7.98. The molecule has 1 atom stereocenters. The third-order valence-corrected chi connectivity index (χ3v) is 4.25. The second-order valence-electron chi connectivity index (χ2n) is 5.50. The van der Waals surface area contributed by atoms with E-state index in [2.05, 4.69) is 10.2 Å². The highest BCUT2D eigenvalue weighted by Crippen LogP contribution is 2.39. The van der Waals surface area contributed by atoms with Crippen molar-refractivity contribution < 1.29 is 8.78 Å². The molecule has 126 valence electrons. The van der Waals surface area contributed by atoms with E-state index in [9.17, 15) is 4.39 Å². The number of anilines is 2. The summed E-state index contributed by atoms with van der Waals surface area (Å²) in [5.41, 5.74) is 1.70. The Kier molecular flexibility index (Phi) is 3.89. The number of rotatable bonds is 3. The van der Waals surface area contributed by atoms with Crippen molar-refractivity contribution in [1.29, 1.82) is 0 Å². The van der Waals surface area contributed by atoms with Gasteiger partial charge in [0, 0.05) is 12.3 Å². The maximum Gasteiger partial charge on any atom is 0.219 e. The van der Waals surface area contributed by atoms with E-state index in [-0.39, 0.29) is 11.3 Å². The highest BCUT2D eigenvalue weighted by Gasteiger charge is 2.36. The van der Waals surface area contributed by atoms with Crippen molar-refractivity contribution in [2.75, 3.05) is 10.0 Å². The summed E-state index contributed by atoms with van der Waals surface area (Å²) in [5, 5.41) is 9.57. The van der Waals surface area contributed by atoms with E-state index in [1.165, 1.54) is 5.01 Å². The van der Waals surface area contributed by atoms with E-state index in [0.29, 0.717) is 16.4 Å². The summed E-state index contributed by atoms with van der Waals surface area (Å²) in [7, 11) is 0. The van der Waals surface area contributed by atoms with Crippen LogP contribution in [0.1, 0.15) is 5.69 Å². The highest BCUT2D eigenvalue weighted by atomic mass is 35.5. The molecule has 0 saturated heterocycles. The third kappa shape index (κ3) is 2.74. The van der Waals surface area contributed by atoms with E-state index < -0.39 is 12.2 Å². The van der Waals surface area contributed by atoms with E-state index >= 15 is 4.39 Å². The van der Waals surface area contributed by atoms with Crippen LogP contribution in [0.2, 0.25) is 5.02 Å². The number of aromatic nitrogens is 2. The zero-order chi connectivity index (χ0) is 17.4. The van der Waals surface area contributed by atoms with Crippen molar-refractivity contribution in [3.8, 4) is 0 Å². The molecule has 0 aliphatic carbocycles. The lowest BCUT2D eigenvalue weighted by atomic mass is 10.2. The standard InChI is InChI=1S/C18H13ClF2N4/c19-14-8-4-5-9-16(14)24-11-13(15-10-17(20)23-22-15)18(21)25(24)12-6-2-1-3-7-12/h1-11,18H,(H,22,23). The Morgan fingerprint density at radius 3 is 2.44 bits per heavy atom. The van der Waals surface area contributed by atoms with Gasteiger partial charge in [0.2, 0.25) is 12.2 Å². The summed E-state index contributed by atoms with van der Waals surface area (Å²) in [5.74, 6) is -0.620. The maximum atomic E-state index is 15.3. The second kappa shape index (κ2) is 6.22. The SMILES string of the molecule is Fc1cc(C2=CN(c3ccccc3Cl)N(c3ccccc3)C2F)n[nH]1. The molecule has 3 aromatic rings. The van der Waals surface area contributed by atoms with Crippen molar-refractivity contribution in [3.63, 3.8) is 0 Å². The number of nitrogens with zero attached hydrogens (tertiary/aromatic N) is 3. The van der Waals surface area contributed by atoms with Gasteiger partial charge >= 0.3 is 0 Å². The number of nitrogens with one attached hydrogen (secondary N) is 1. The molecule has 1 aliphatic heterocycles. The highest BCUT2D eigenvalue weighted by molar-refractivity contribution is 6.33. The Labute approximate surface area is 147 Å². The maximum absolute atomic E-state index is 15.3. The van der Waals surface area contributed by atoms with Crippen LogP contribution in [0.25, 0.3) is 5.57 Å². The number of H-pyrrole nitrogens is 1. The Bertz CT molecular complexity index is 926. The first kappa shape index (κ1) is 15.7. The van der Waals surface area contributed by atoms with Crippen molar-refractivity contribution >= 4 is 28.5 Å². The lowest BCUT2D eigenvalue weighted by molar-refractivity contribution is 0.405. The Hall–Kier alpha value is -2.86. The van der Waals surface area contributed by atoms with Crippen LogP contribution in [0.15, 0.2) is 66.9 Å². The van der Waals surface area contributed by atoms with E-state index in [1.807, 2.05) is 24.3 Å². The summed E-state index contributed by atoms with van der Waals surface area (Å²) in [6.45, 7) is 0. The molecule has 0 spiro atoms. The smallest absolute Gasteiger partial charge is 0.219 e. The Morgan fingerprint density at radius 2 is 1.76 bits per heavy atom. The quantitative estimate of drug-likeness (QED) is 0.684. The summed E-state index contributed by atoms with van der Waals surface area (Å²) >= 11 is 6.30. The van der Waals surface area contributed by atoms with E-state index in [4.69, 9.17) is 11.6 Å². The van der Waals surface area contributed by atoms with Crippen molar-refractivity contribution in [1.82, 2.24) is 10.2 Å². The van der Waals surface area contributed by atoms with Crippen molar-refractivity contribution in [2.45, 2.75) is 6.30 Å². The fourth-order valence-electron chi connectivity index (χ4n) is 2.79. The van der Waals surface area contributed by atoms with Crippen LogP contribution >= 0.6 is 11.6 Å². The molecular formula is C18H13ClF2N4. The van der Waals surface area contributed by atoms with Crippen LogP contribution in [0, 0.1) is 5.95 Å². The minimum atomic E-state index is -1.54. The fourth-order valence-corrected chi connectivity index (χ4v) is 3.01. The largest absolute Gasteiger partial charge is 0.256 e. The van der Waals surface area contributed by atoms with Gasteiger partial charge in [-0.05, 0) is 24.3 Å².